The van der Waals surface area contributed by atoms with Gasteiger partial charge in [0.25, 0.3) is 5.69 Å². The molecule has 1 saturated heterocycles. The number of carbonyl (C=O) groups excluding carboxylic acids is 2. The number of nitro benzene ring substituents is 1. The summed E-state index contributed by atoms with van der Waals surface area (Å²) in [7, 11) is 1.50. The number of phenols is 1. The summed E-state index contributed by atoms with van der Waals surface area (Å²) in [5, 5.41) is 43.5. The third kappa shape index (κ3) is 6.24. The van der Waals surface area contributed by atoms with Gasteiger partial charge >= 0.3 is 0 Å². The first-order valence-electron chi connectivity index (χ1n) is 13.8. The molecule has 0 bridgehead atoms. The van der Waals surface area contributed by atoms with Crippen molar-refractivity contribution in [3.63, 3.8) is 0 Å². The number of amides is 2. The highest BCUT2D eigenvalue weighted by Crippen LogP contribution is 2.47. The minimum atomic E-state index is -1.00. The van der Waals surface area contributed by atoms with Crippen molar-refractivity contribution in [3.05, 3.63) is 80.9 Å². The number of rotatable bonds is 12. The van der Waals surface area contributed by atoms with Gasteiger partial charge in [-0.25, -0.2) is 4.90 Å². The Morgan fingerprint density at radius 1 is 1.17 bits per heavy atom. The molecule has 0 radical (unpaired) electrons. The molecule has 2 aromatic carbocycles. The number of benzene rings is 2. The van der Waals surface area contributed by atoms with E-state index >= 15 is 0 Å². The van der Waals surface area contributed by atoms with E-state index in [1.807, 2.05) is 25.1 Å². The molecule has 1 fully saturated rings. The maximum Gasteiger partial charge on any atom is 0.271 e. The summed E-state index contributed by atoms with van der Waals surface area (Å²) in [6, 6.07) is 12.4. The highest BCUT2D eigenvalue weighted by Gasteiger charge is 2.55. The fourth-order valence-corrected chi connectivity index (χ4v) is 6.16. The van der Waals surface area contributed by atoms with Gasteiger partial charge in [0, 0.05) is 30.7 Å². The van der Waals surface area contributed by atoms with Gasteiger partial charge in [-0.2, -0.15) is 0 Å². The summed E-state index contributed by atoms with van der Waals surface area (Å²) in [6.45, 7) is 1.71. The van der Waals surface area contributed by atoms with Crippen LogP contribution in [0.4, 0.5) is 11.4 Å². The lowest BCUT2D eigenvalue weighted by atomic mass is 9.68. The van der Waals surface area contributed by atoms with Crippen LogP contribution in [0.5, 0.6) is 5.75 Å². The smallest absolute Gasteiger partial charge is 0.271 e. The quantitative estimate of drug-likeness (QED) is 0.149. The van der Waals surface area contributed by atoms with Gasteiger partial charge in [0.2, 0.25) is 11.8 Å². The molecule has 0 spiro atoms. The predicted octanol–water partition coefficient (Wildman–Crippen LogP) is 4.39. The van der Waals surface area contributed by atoms with Crippen molar-refractivity contribution in [2.75, 3.05) is 25.2 Å². The Morgan fingerprint density at radius 2 is 1.93 bits per heavy atom. The Morgan fingerprint density at radius 3 is 2.59 bits per heavy atom. The molecule has 1 aliphatic carbocycles. The third-order valence-electron chi connectivity index (χ3n) is 7.96. The molecule has 218 valence electrons. The van der Waals surface area contributed by atoms with Gasteiger partial charge in [0.15, 0.2) is 0 Å². The van der Waals surface area contributed by atoms with E-state index in [0.29, 0.717) is 29.6 Å². The van der Waals surface area contributed by atoms with Crippen LogP contribution in [-0.2, 0) is 14.3 Å². The number of anilines is 1. The Balaban J connectivity index is 1.62. The Kier molecular flexibility index (Phi) is 9.69. The Hall–Kier alpha value is -3.86. The summed E-state index contributed by atoms with van der Waals surface area (Å²) in [4.78, 5) is 38.9. The first kappa shape index (κ1) is 30.1. The van der Waals surface area contributed by atoms with Crippen LogP contribution in [0.25, 0.3) is 6.08 Å². The number of nitrogens with zero attached hydrogens (tertiary/aromatic N) is 2. The third-order valence-corrected chi connectivity index (χ3v) is 7.96. The average molecular weight is 565 g/mol. The monoisotopic (exact) mass is 564 g/mol. The van der Waals surface area contributed by atoms with Crippen LogP contribution in [0.15, 0.2) is 65.3 Å². The number of hydrogen-bond acceptors (Lipinski definition) is 8. The van der Waals surface area contributed by atoms with Gasteiger partial charge in [-0.3, -0.25) is 19.7 Å². The van der Waals surface area contributed by atoms with E-state index in [4.69, 9.17) is 4.74 Å². The number of imide groups is 1. The predicted molar refractivity (Wildman–Crippen MR) is 153 cm³/mol. The zero-order valence-electron chi connectivity index (χ0n) is 23.2. The molecule has 0 unspecified atom stereocenters. The number of allylic oxidation sites excluding steroid dienone is 1. The van der Waals surface area contributed by atoms with Crippen LogP contribution in [0.3, 0.4) is 0 Å². The average Bonchev–Trinajstić information content (AvgIpc) is 3.21. The number of aliphatic hydroxyl groups is 2. The number of phenolic OH excluding ortho intramolecular Hbond substituents is 1. The molecule has 0 aromatic heterocycles. The zero-order chi connectivity index (χ0) is 29.7. The lowest BCUT2D eigenvalue weighted by molar-refractivity contribution is -0.384. The molecule has 10 nitrogen and oxygen atoms in total. The molecule has 41 heavy (non-hydrogen) atoms. The number of non-ortho nitro benzene ring substituents is 1. The molecule has 2 aliphatic rings. The van der Waals surface area contributed by atoms with Crippen LogP contribution < -0.4 is 4.90 Å². The van der Waals surface area contributed by atoms with Crippen LogP contribution in [0, 0.1) is 27.9 Å². The van der Waals surface area contributed by atoms with E-state index in [9.17, 15) is 35.0 Å². The maximum atomic E-state index is 13.7. The van der Waals surface area contributed by atoms with Crippen molar-refractivity contribution in [1.29, 1.82) is 0 Å². The SMILES string of the molecule is CCC/C(=C\c1ccccc1O)CC[C@@H](O)C1=C(COC)C[C@H]2C(=O)N(c3cccc([N+](=O)[O-])c3)C(=O)[C@H]2[C@H]1CO. The van der Waals surface area contributed by atoms with Gasteiger partial charge in [-0.15, -0.1) is 0 Å². The Bertz CT molecular complexity index is 1370. The van der Waals surface area contributed by atoms with E-state index in [1.54, 1.807) is 12.1 Å². The lowest BCUT2D eigenvalue weighted by Crippen LogP contribution is -2.39. The minimum absolute atomic E-state index is 0.106. The number of para-hydroxylation sites is 1. The number of aliphatic hydroxyl groups excluding tert-OH is 2. The van der Waals surface area contributed by atoms with Gasteiger partial charge in [-0.1, -0.05) is 49.3 Å². The van der Waals surface area contributed by atoms with Gasteiger partial charge in [0.05, 0.1) is 41.8 Å². The highest BCUT2D eigenvalue weighted by atomic mass is 16.6. The van der Waals surface area contributed by atoms with Gasteiger partial charge < -0.3 is 20.1 Å². The summed E-state index contributed by atoms with van der Waals surface area (Å²) in [5.74, 6) is -3.38. The summed E-state index contributed by atoms with van der Waals surface area (Å²) in [6.07, 6.45) is 3.57. The summed E-state index contributed by atoms with van der Waals surface area (Å²) >= 11 is 0. The molecule has 2 aromatic rings. The lowest BCUT2D eigenvalue weighted by Gasteiger charge is -2.36. The summed E-state index contributed by atoms with van der Waals surface area (Å²) in [5.41, 5.74) is 2.77. The van der Waals surface area contributed by atoms with Crippen LogP contribution >= 0.6 is 0 Å². The number of aromatic hydroxyl groups is 1. The molecule has 0 saturated carbocycles. The van der Waals surface area contributed by atoms with E-state index in [1.165, 1.54) is 31.4 Å². The number of ether oxygens (including phenoxy) is 1. The normalized spacial score (nSPS) is 21.8. The highest BCUT2D eigenvalue weighted by molar-refractivity contribution is 6.22. The van der Waals surface area contributed by atoms with E-state index in [2.05, 4.69) is 0 Å². The van der Waals surface area contributed by atoms with Crippen LogP contribution in [0.1, 0.15) is 44.6 Å². The van der Waals surface area contributed by atoms with E-state index in [-0.39, 0.29) is 30.2 Å². The number of methoxy groups -OCH3 is 1. The molecular weight excluding hydrogens is 528 g/mol. The van der Waals surface area contributed by atoms with Crippen LogP contribution in [0.2, 0.25) is 0 Å². The van der Waals surface area contributed by atoms with Crippen molar-refractivity contribution in [2.45, 2.75) is 45.1 Å². The van der Waals surface area contributed by atoms with Crippen molar-refractivity contribution < 1.29 is 34.6 Å². The van der Waals surface area contributed by atoms with Crippen molar-refractivity contribution >= 4 is 29.3 Å². The number of nitro groups is 1. The molecule has 1 aliphatic heterocycles. The molecule has 10 heteroatoms. The van der Waals surface area contributed by atoms with Crippen molar-refractivity contribution in [3.8, 4) is 5.75 Å². The first-order valence-corrected chi connectivity index (χ1v) is 13.8. The number of fused-ring (bicyclic) bond motifs is 1. The number of carbonyl (C=O) groups is 2. The molecule has 4 rings (SSSR count). The molecule has 2 amide bonds. The number of hydrogen-bond donors (Lipinski definition) is 3. The second kappa shape index (κ2) is 13.2. The second-order valence-electron chi connectivity index (χ2n) is 10.6. The van der Waals surface area contributed by atoms with E-state index < -0.39 is 47.2 Å². The van der Waals surface area contributed by atoms with Crippen molar-refractivity contribution in [2.24, 2.45) is 17.8 Å². The molecule has 1 heterocycles. The largest absolute Gasteiger partial charge is 0.507 e. The van der Waals surface area contributed by atoms with E-state index in [0.717, 1.165) is 23.3 Å². The Labute approximate surface area is 238 Å². The molecule has 4 atom stereocenters. The molecule has 3 N–H and O–H groups in total. The fraction of sp³-hybridized carbons (Fsp3) is 0.419. The van der Waals surface area contributed by atoms with Crippen molar-refractivity contribution in [1.82, 2.24) is 0 Å². The first-order chi connectivity index (χ1) is 19.7. The fourth-order valence-electron chi connectivity index (χ4n) is 6.16. The topological polar surface area (TPSA) is 150 Å². The van der Waals surface area contributed by atoms with Gasteiger partial charge in [-0.05, 0) is 49.0 Å². The maximum absolute atomic E-state index is 13.7. The van der Waals surface area contributed by atoms with Crippen LogP contribution in [-0.4, -0.2) is 58.5 Å². The molecular formula is C31H36N2O8. The zero-order valence-corrected chi connectivity index (χ0v) is 23.2. The minimum Gasteiger partial charge on any atom is -0.507 e. The van der Waals surface area contributed by atoms with Gasteiger partial charge in [0.1, 0.15) is 5.75 Å². The second-order valence-corrected chi connectivity index (χ2v) is 10.6. The standard InChI is InChI=1S/C31H36N2O8/c1-3-7-19(14-20-8-4-5-11-26(20)35)12-13-27(36)28-21(18-41-2)15-24-29(25(28)17-34)31(38)32(30(24)37)22-9-6-10-23(16-22)33(39)40/h4-6,8-11,14,16,24-25,27,29,34-36H,3,7,12-13,15,17-18H2,1-2H3/b19-14+/t24-,25+,27-,29-/m1/s1. The summed E-state index contributed by atoms with van der Waals surface area (Å²) < 4.78 is 5.40.